The van der Waals surface area contributed by atoms with E-state index in [0.29, 0.717) is 12.1 Å². The van der Waals surface area contributed by atoms with Crippen molar-refractivity contribution in [1.82, 2.24) is 10.2 Å². The molecule has 2 atom stereocenters. The zero-order valence-electron chi connectivity index (χ0n) is 9.22. The molecule has 0 aliphatic carbocycles. The van der Waals surface area contributed by atoms with Gasteiger partial charge in [-0.15, -0.1) is 0 Å². The summed E-state index contributed by atoms with van der Waals surface area (Å²) in [6.07, 6.45) is 2.54. The van der Waals surface area contributed by atoms with Gasteiger partial charge >= 0.3 is 0 Å². The van der Waals surface area contributed by atoms with E-state index in [0.717, 1.165) is 6.54 Å². The maximum absolute atomic E-state index is 3.57. The van der Waals surface area contributed by atoms with E-state index in [9.17, 15) is 0 Å². The number of rotatable bonds is 6. The summed E-state index contributed by atoms with van der Waals surface area (Å²) in [7, 11) is 4.23. The van der Waals surface area contributed by atoms with Crippen LogP contribution in [0, 0.1) is 0 Å². The molecule has 0 aromatic rings. The van der Waals surface area contributed by atoms with Crippen LogP contribution in [0.2, 0.25) is 0 Å². The fraction of sp³-hybridized carbons (Fsp3) is 1.00. The molecule has 0 aliphatic heterocycles. The molecule has 0 rings (SSSR count). The molecule has 2 nitrogen and oxygen atoms in total. The van der Waals surface area contributed by atoms with E-state index >= 15 is 0 Å². The third-order valence-electron chi connectivity index (χ3n) is 1.93. The first-order valence-electron chi connectivity index (χ1n) is 4.97. The maximum Gasteiger partial charge on any atom is 0.0168 e. The van der Waals surface area contributed by atoms with E-state index in [1.54, 1.807) is 0 Å². The standard InChI is InChI=1S/C10H24N2/c1-6-7-9(2)11-10(3)8-12(4)5/h9-11H,6-8H2,1-5H3. The SMILES string of the molecule is CCCC(C)NC(C)CN(C)C. The Balaban J connectivity index is 3.46. The van der Waals surface area contributed by atoms with E-state index < -0.39 is 0 Å². The monoisotopic (exact) mass is 172 g/mol. The summed E-state index contributed by atoms with van der Waals surface area (Å²) in [4.78, 5) is 2.22. The largest absolute Gasteiger partial charge is 0.311 e. The Morgan fingerprint density at radius 1 is 1.17 bits per heavy atom. The van der Waals surface area contributed by atoms with Crippen LogP contribution in [0.3, 0.4) is 0 Å². The predicted molar refractivity (Wildman–Crippen MR) is 55.5 cm³/mol. The van der Waals surface area contributed by atoms with Crippen molar-refractivity contribution in [2.45, 2.75) is 45.7 Å². The van der Waals surface area contributed by atoms with Crippen LogP contribution in [0.15, 0.2) is 0 Å². The van der Waals surface area contributed by atoms with Crippen LogP contribution < -0.4 is 5.32 Å². The van der Waals surface area contributed by atoms with E-state index in [-0.39, 0.29) is 0 Å². The molecule has 0 fully saturated rings. The van der Waals surface area contributed by atoms with Crippen molar-refractivity contribution in [3.63, 3.8) is 0 Å². The number of nitrogens with zero attached hydrogens (tertiary/aromatic N) is 1. The average Bonchev–Trinajstić information content (AvgIpc) is 1.84. The molecular weight excluding hydrogens is 148 g/mol. The first-order valence-corrected chi connectivity index (χ1v) is 4.97. The highest BCUT2D eigenvalue weighted by molar-refractivity contribution is 4.68. The number of likely N-dealkylation sites (N-methyl/N-ethyl adjacent to an activating group) is 1. The van der Waals surface area contributed by atoms with Gasteiger partial charge in [0.2, 0.25) is 0 Å². The lowest BCUT2D eigenvalue weighted by Gasteiger charge is -2.22. The van der Waals surface area contributed by atoms with Crippen LogP contribution in [-0.4, -0.2) is 37.6 Å². The highest BCUT2D eigenvalue weighted by Gasteiger charge is 2.06. The molecule has 0 heterocycles. The van der Waals surface area contributed by atoms with Gasteiger partial charge in [0.25, 0.3) is 0 Å². The fourth-order valence-electron chi connectivity index (χ4n) is 1.60. The second kappa shape index (κ2) is 6.44. The lowest BCUT2D eigenvalue weighted by molar-refractivity contribution is 0.327. The van der Waals surface area contributed by atoms with Crippen LogP contribution in [0.5, 0.6) is 0 Å². The van der Waals surface area contributed by atoms with Gasteiger partial charge in [-0.2, -0.15) is 0 Å². The molecule has 0 radical (unpaired) electrons. The maximum atomic E-state index is 3.57. The minimum absolute atomic E-state index is 0.599. The van der Waals surface area contributed by atoms with Gasteiger partial charge in [-0.05, 0) is 34.4 Å². The smallest absolute Gasteiger partial charge is 0.0168 e. The van der Waals surface area contributed by atoms with Gasteiger partial charge in [0.05, 0.1) is 0 Å². The normalized spacial score (nSPS) is 16.5. The Kier molecular flexibility index (Phi) is 6.39. The minimum atomic E-state index is 0.599. The van der Waals surface area contributed by atoms with Crippen LogP contribution in [0.4, 0.5) is 0 Å². The van der Waals surface area contributed by atoms with Gasteiger partial charge in [-0.1, -0.05) is 13.3 Å². The van der Waals surface area contributed by atoms with Gasteiger partial charge in [-0.3, -0.25) is 0 Å². The van der Waals surface area contributed by atoms with Crippen LogP contribution in [0.25, 0.3) is 0 Å². The van der Waals surface area contributed by atoms with Crippen molar-refractivity contribution in [3.8, 4) is 0 Å². The molecule has 12 heavy (non-hydrogen) atoms. The second-order valence-electron chi connectivity index (χ2n) is 4.02. The number of hydrogen-bond acceptors (Lipinski definition) is 2. The molecule has 0 amide bonds. The Hall–Kier alpha value is -0.0800. The van der Waals surface area contributed by atoms with Gasteiger partial charge in [0.1, 0.15) is 0 Å². The highest BCUT2D eigenvalue weighted by Crippen LogP contribution is 1.97. The van der Waals surface area contributed by atoms with Gasteiger partial charge in [0.15, 0.2) is 0 Å². The second-order valence-corrected chi connectivity index (χ2v) is 4.02. The van der Waals surface area contributed by atoms with Crippen molar-refractivity contribution in [2.75, 3.05) is 20.6 Å². The molecule has 2 unspecified atom stereocenters. The van der Waals surface area contributed by atoms with Crippen molar-refractivity contribution < 1.29 is 0 Å². The Morgan fingerprint density at radius 3 is 2.17 bits per heavy atom. The van der Waals surface area contributed by atoms with Crippen molar-refractivity contribution >= 4 is 0 Å². The fourth-order valence-corrected chi connectivity index (χ4v) is 1.60. The number of nitrogens with one attached hydrogen (secondary N) is 1. The Labute approximate surface area is 77.3 Å². The lowest BCUT2D eigenvalue weighted by atomic mass is 10.1. The molecule has 0 aromatic heterocycles. The predicted octanol–water partition coefficient (Wildman–Crippen LogP) is 1.71. The first kappa shape index (κ1) is 11.9. The van der Waals surface area contributed by atoms with Crippen LogP contribution in [-0.2, 0) is 0 Å². The van der Waals surface area contributed by atoms with Gasteiger partial charge < -0.3 is 10.2 Å². The number of hydrogen-bond donors (Lipinski definition) is 1. The van der Waals surface area contributed by atoms with Crippen molar-refractivity contribution in [1.29, 1.82) is 0 Å². The third kappa shape index (κ3) is 6.62. The lowest BCUT2D eigenvalue weighted by Crippen LogP contribution is -2.40. The van der Waals surface area contributed by atoms with E-state index in [2.05, 4.69) is 45.1 Å². The topological polar surface area (TPSA) is 15.3 Å². The van der Waals surface area contributed by atoms with Crippen molar-refractivity contribution in [3.05, 3.63) is 0 Å². The van der Waals surface area contributed by atoms with Crippen LogP contribution in [0.1, 0.15) is 33.6 Å². The molecule has 74 valence electrons. The molecular formula is C10H24N2. The molecule has 2 heteroatoms. The molecule has 0 saturated carbocycles. The van der Waals surface area contributed by atoms with Gasteiger partial charge in [0, 0.05) is 18.6 Å². The summed E-state index contributed by atoms with van der Waals surface area (Å²) in [5.41, 5.74) is 0. The van der Waals surface area contributed by atoms with E-state index in [4.69, 9.17) is 0 Å². The zero-order chi connectivity index (χ0) is 9.56. The van der Waals surface area contributed by atoms with Gasteiger partial charge in [-0.25, -0.2) is 0 Å². The molecule has 0 spiro atoms. The zero-order valence-corrected chi connectivity index (χ0v) is 9.22. The van der Waals surface area contributed by atoms with E-state index in [1.807, 2.05) is 0 Å². The summed E-state index contributed by atoms with van der Waals surface area (Å²) in [6, 6.07) is 1.26. The highest BCUT2D eigenvalue weighted by atomic mass is 15.1. The van der Waals surface area contributed by atoms with Crippen LogP contribution >= 0.6 is 0 Å². The first-order chi connectivity index (χ1) is 5.56. The summed E-state index contributed by atoms with van der Waals surface area (Å²) >= 11 is 0. The third-order valence-corrected chi connectivity index (χ3v) is 1.93. The summed E-state index contributed by atoms with van der Waals surface area (Å²) in [6.45, 7) is 7.85. The molecule has 0 saturated heterocycles. The molecule has 0 aromatic carbocycles. The quantitative estimate of drug-likeness (QED) is 0.656. The molecule has 1 N–H and O–H groups in total. The Morgan fingerprint density at radius 2 is 1.75 bits per heavy atom. The molecule has 0 bridgehead atoms. The van der Waals surface area contributed by atoms with Crippen molar-refractivity contribution in [2.24, 2.45) is 0 Å². The van der Waals surface area contributed by atoms with E-state index in [1.165, 1.54) is 12.8 Å². The molecule has 0 aliphatic rings. The minimum Gasteiger partial charge on any atom is -0.311 e. The summed E-state index contributed by atoms with van der Waals surface area (Å²) < 4.78 is 0. The Bertz CT molecular complexity index is 102. The summed E-state index contributed by atoms with van der Waals surface area (Å²) in [5.74, 6) is 0. The average molecular weight is 172 g/mol. The summed E-state index contributed by atoms with van der Waals surface area (Å²) in [5, 5.41) is 3.57.